The molecule has 0 saturated carbocycles. The number of thiazole rings is 1. The Morgan fingerprint density at radius 1 is 1.42 bits per heavy atom. The van der Waals surface area contributed by atoms with Crippen LogP contribution in [-0.2, 0) is 4.79 Å². The third kappa shape index (κ3) is 3.84. The summed E-state index contributed by atoms with van der Waals surface area (Å²) in [7, 11) is 0. The fourth-order valence-electron chi connectivity index (χ4n) is 2.25. The third-order valence-electron chi connectivity index (χ3n) is 3.53. The van der Waals surface area contributed by atoms with Crippen molar-refractivity contribution in [3.05, 3.63) is 35.7 Å². The van der Waals surface area contributed by atoms with E-state index in [9.17, 15) is 4.79 Å². The maximum atomic E-state index is 12.6. The van der Waals surface area contributed by atoms with Crippen molar-refractivity contribution in [1.82, 2.24) is 19.7 Å². The van der Waals surface area contributed by atoms with Gasteiger partial charge in [-0.25, -0.2) is 4.98 Å². The van der Waals surface area contributed by atoms with E-state index in [-0.39, 0.29) is 17.6 Å². The molecule has 1 amide bonds. The van der Waals surface area contributed by atoms with Gasteiger partial charge in [-0.1, -0.05) is 42.1 Å². The second kappa shape index (κ2) is 7.99. The van der Waals surface area contributed by atoms with Crippen LogP contribution in [0.4, 0.5) is 11.1 Å². The summed E-state index contributed by atoms with van der Waals surface area (Å²) in [5.74, 6) is 0.0285. The number of anilines is 2. The number of nitrogens with zero attached hydrogens (tertiary/aromatic N) is 5. The topological polar surface area (TPSA) is 123 Å². The van der Waals surface area contributed by atoms with E-state index >= 15 is 0 Å². The molecule has 2 heterocycles. The van der Waals surface area contributed by atoms with E-state index in [0.717, 1.165) is 11.3 Å². The normalized spacial score (nSPS) is 11.7. The van der Waals surface area contributed by atoms with Gasteiger partial charge in [-0.15, -0.1) is 21.5 Å². The van der Waals surface area contributed by atoms with Gasteiger partial charge in [0.15, 0.2) is 10.3 Å². The van der Waals surface area contributed by atoms with Crippen molar-refractivity contribution in [2.45, 2.75) is 18.1 Å². The van der Waals surface area contributed by atoms with Gasteiger partial charge < -0.3 is 11.1 Å². The first kappa shape index (κ1) is 17.9. The molecule has 26 heavy (non-hydrogen) atoms. The highest BCUT2D eigenvalue weighted by atomic mass is 32.2. The first-order valence-corrected chi connectivity index (χ1v) is 9.48. The summed E-state index contributed by atoms with van der Waals surface area (Å²) in [6.07, 6.45) is 0. The van der Waals surface area contributed by atoms with E-state index in [2.05, 4.69) is 20.5 Å². The number of thioether (sulfide) groups is 1. The zero-order valence-electron chi connectivity index (χ0n) is 13.8. The number of hydrogen-bond acceptors (Lipinski definition) is 8. The summed E-state index contributed by atoms with van der Waals surface area (Å²) in [6, 6.07) is 11.1. The highest BCUT2D eigenvalue weighted by Crippen LogP contribution is 2.27. The molecule has 0 radical (unpaired) electrons. The molecule has 1 unspecified atom stereocenters. The SMILES string of the molecule is CC(C(=O)Nc1nc(-c2ccccc2)cs1)n1c(N)nnc1SCC#N. The van der Waals surface area contributed by atoms with Crippen LogP contribution in [0.25, 0.3) is 11.3 Å². The lowest BCUT2D eigenvalue weighted by Gasteiger charge is -2.15. The van der Waals surface area contributed by atoms with Crippen molar-refractivity contribution in [2.75, 3.05) is 16.8 Å². The quantitative estimate of drug-likeness (QED) is 0.625. The second-order valence-corrected chi connectivity index (χ2v) is 7.03. The predicted molar refractivity (Wildman–Crippen MR) is 102 cm³/mol. The van der Waals surface area contributed by atoms with Gasteiger partial charge in [0.1, 0.15) is 6.04 Å². The molecule has 0 aliphatic heterocycles. The number of amides is 1. The number of nitriles is 1. The first-order chi connectivity index (χ1) is 12.6. The maximum absolute atomic E-state index is 12.6. The number of carbonyl (C=O) groups is 1. The van der Waals surface area contributed by atoms with Gasteiger partial charge in [0.2, 0.25) is 11.9 Å². The van der Waals surface area contributed by atoms with Crippen molar-refractivity contribution in [2.24, 2.45) is 0 Å². The number of hydrogen-bond donors (Lipinski definition) is 2. The van der Waals surface area contributed by atoms with Crippen LogP contribution < -0.4 is 11.1 Å². The van der Waals surface area contributed by atoms with Crippen LogP contribution in [0.1, 0.15) is 13.0 Å². The van der Waals surface area contributed by atoms with E-state index in [1.165, 1.54) is 27.7 Å². The molecule has 0 aliphatic rings. The zero-order valence-corrected chi connectivity index (χ0v) is 15.4. The van der Waals surface area contributed by atoms with Gasteiger partial charge in [0.25, 0.3) is 0 Å². The summed E-state index contributed by atoms with van der Waals surface area (Å²) in [4.78, 5) is 17.0. The lowest BCUT2D eigenvalue weighted by molar-refractivity contribution is -0.118. The average Bonchev–Trinajstić information content (AvgIpc) is 3.26. The summed E-state index contributed by atoms with van der Waals surface area (Å²) < 4.78 is 1.50. The smallest absolute Gasteiger partial charge is 0.249 e. The summed E-state index contributed by atoms with van der Waals surface area (Å²) in [5, 5.41) is 22.0. The molecule has 3 aromatic rings. The molecule has 3 N–H and O–H groups in total. The Morgan fingerprint density at radius 3 is 2.92 bits per heavy atom. The number of carbonyl (C=O) groups excluding carboxylic acids is 1. The maximum Gasteiger partial charge on any atom is 0.249 e. The van der Waals surface area contributed by atoms with Gasteiger partial charge in [0.05, 0.1) is 17.5 Å². The molecule has 132 valence electrons. The highest BCUT2D eigenvalue weighted by molar-refractivity contribution is 7.99. The van der Waals surface area contributed by atoms with Crippen LogP contribution in [0.3, 0.4) is 0 Å². The van der Waals surface area contributed by atoms with Crippen LogP contribution in [0.2, 0.25) is 0 Å². The highest BCUT2D eigenvalue weighted by Gasteiger charge is 2.23. The predicted octanol–water partition coefficient (Wildman–Crippen LogP) is 2.80. The van der Waals surface area contributed by atoms with Gasteiger partial charge in [0, 0.05) is 10.9 Å². The zero-order chi connectivity index (χ0) is 18.5. The number of nitrogen functional groups attached to an aromatic ring is 1. The van der Waals surface area contributed by atoms with Gasteiger partial charge in [-0.05, 0) is 6.92 Å². The lowest BCUT2D eigenvalue weighted by Crippen LogP contribution is -2.25. The molecule has 0 aliphatic carbocycles. The number of nitrogens with two attached hydrogens (primary N) is 1. The number of nitrogens with one attached hydrogen (secondary N) is 1. The van der Waals surface area contributed by atoms with E-state index in [4.69, 9.17) is 11.0 Å². The van der Waals surface area contributed by atoms with Gasteiger partial charge in [-0.2, -0.15) is 5.26 Å². The molecule has 1 atom stereocenters. The standard InChI is InChI=1S/C16H15N7OS2/c1-10(23-14(18)21-22-16(23)25-8-7-17)13(24)20-15-19-12(9-26-15)11-5-3-2-4-6-11/h2-6,9-10H,8H2,1H3,(H2,18,21)(H,19,20,24). The Kier molecular flexibility index (Phi) is 5.50. The van der Waals surface area contributed by atoms with Crippen LogP contribution in [0.15, 0.2) is 40.9 Å². The van der Waals surface area contributed by atoms with Crippen LogP contribution in [0.5, 0.6) is 0 Å². The minimum Gasteiger partial charge on any atom is -0.368 e. The molecule has 1 aromatic carbocycles. The monoisotopic (exact) mass is 385 g/mol. The Morgan fingerprint density at radius 2 is 2.19 bits per heavy atom. The van der Waals surface area contributed by atoms with Crippen molar-refractivity contribution in [3.63, 3.8) is 0 Å². The number of aromatic nitrogens is 4. The number of benzene rings is 1. The van der Waals surface area contributed by atoms with E-state index in [0.29, 0.717) is 10.3 Å². The van der Waals surface area contributed by atoms with Crippen LogP contribution in [-0.4, -0.2) is 31.4 Å². The van der Waals surface area contributed by atoms with Gasteiger partial charge in [-0.3, -0.25) is 9.36 Å². The molecular weight excluding hydrogens is 370 g/mol. The Labute approximate surface area is 158 Å². The molecule has 10 heteroatoms. The molecular formula is C16H15N7OS2. The Balaban J connectivity index is 1.74. The summed E-state index contributed by atoms with van der Waals surface area (Å²) in [6.45, 7) is 1.69. The fourth-order valence-corrected chi connectivity index (χ4v) is 3.65. The van der Waals surface area contributed by atoms with Gasteiger partial charge >= 0.3 is 0 Å². The lowest BCUT2D eigenvalue weighted by atomic mass is 10.2. The Bertz CT molecular complexity index is 945. The Hall–Kier alpha value is -2.90. The van der Waals surface area contributed by atoms with E-state index in [1.807, 2.05) is 41.8 Å². The average molecular weight is 385 g/mol. The third-order valence-corrected chi connectivity index (χ3v) is 5.10. The molecule has 3 rings (SSSR count). The van der Waals surface area contributed by atoms with Crippen molar-refractivity contribution in [3.8, 4) is 17.3 Å². The largest absolute Gasteiger partial charge is 0.368 e. The van der Waals surface area contributed by atoms with Crippen LogP contribution >= 0.6 is 23.1 Å². The summed E-state index contributed by atoms with van der Waals surface area (Å²) >= 11 is 2.52. The van der Waals surface area contributed by atoms with E-state index in [1.54, 1.807) is 6.92 Å². The minimum absolute atomic E-state index is 0.122. The molecule has 0 bridgehead atoms. The molecule has 8 nitrogen and oxygen atoms in total. The van der Waals surface area contributed by atoms with Crippen LogP contribution in [0, 0.1) is 11.3 Å². The second-order valence-electron chi connectivity index (χ2n) is 5.23. The van der Waals surface area contributed by atoms with E-state index < -0.39 is 6.04 Å². The number of rotatable bonds is 6. The fraction of sp³-hybridized carbons (Fsp3) is 0.188. The van der Waals surface area contributed by atoms with Crippen molar-refractivity contribution in [1.29, 1.82) is 5.26 Å². The van der Waals surface area contributed by atoms with Crippen molar-refractivity contribution >= 4 is 40.1 Å². The molecule has 0 saturated heterocycles. The minimum atomic E-state index is -0.643. The molecule has 0 spiro atoms. The molecule has 2 aromatic heterocycles. The summed E-state index contributed by atoms with van der Waals surface area (Å²) in [5.41, 5.74) is 7.61. The molecule has 0 fully saturated rings. The van der Waals surface area contributed by atoms with Crippen molar-refractivity contribution < 1.29 is 4.79 Å². The first-order valence-electron chi connectivity index (χ1n) is 7.62.